The van der Waals surface area contributed by atoms with Crippen molar-refractivity contribution >= 4 is 56.3 Å². The van der Waals surface area contributed by atoms with Crippen LogP contribution in [-0.4, -0.2) is 23.6 Å². The minimum atomic E-state index is -0.515. The van der Waals surface area contributed by atoms with Gasteiger partial charge in [-0.15, -0.1) is 22.7 Å². The van der Waals surface area contributed by atoms with Crippen LogP contribution in [0.15, 0.2) is 0 Å². The summed E-state index contributed by atoms with van der Waals surface area (Å²) in [4.78, 5) is 51.6. The topological polar surface area (TPSA) is 144 Å². The second-order valence-electron chi connectivity index (χ2n) is 9.22. The van der Waals surface area contributed by atoms with Crippen LogP contribution in [0.1, 0.15) is 99.4 Å². The lowest BCUT2D eigenvalue weighted by molar-refractivity contribution is -0.117. The summed E-state index contributed by atoms with van der Waals surface area (Å²) >= 11 is 2.88. The zero-order chi connectivity index (χ0) is 24.9. The second-order valence-corrected chi connectivity index (χ2v) is 11.4. The highest BCUT2D eigenvalue weighted by Gasteiger charge is 2.25. The monoisotopic (exact) mass is 516 g/mol. The first kappa shape index (κ1) is 25.4. The summed E-state index contributed by atoms with van der Waals surface area (Å²) in [5.41, 5.74) is 14.1. The number of primary amides is 2. The molecule has 2 heterocycles. The molecule has 0 fully saturated rings. The minimum Gasteiger partial charge on any atom is -0.365 e. The van der Waals surface area contributed by atoms with Gasteiger partial charge in [-0.2, -0.15) is 0 Å². The van der Waals surface area contributed by atoms with Gasteiger partial charge in [0.25, 0.3) is 11.8 Å². The van der Waals surface area contributed by atoms with E-state index < -0.39 is 11.8 Å². The van der Waals surface area contributed by atoms with Crippen molar-refractivity contribution in [3.05, 3.63) is 32.0 Å². The smallest absolute Gasteiger partial charge is 0.251 e. The summed E-state index contributed by atoms with van der Waals surface area (Å²) in [6.07, 6.45) is 10.4. The molecule has 2 aromatic rings. The van der Waals surface area contributed by atoms with Crippen LogP contribution in [0.5, 0.6) is 0 Å². The lowest BCUT2D eigenvalue weighted by Gasteiger charge is -2.08. The number of nitrogens with two attached hydrogens (primary N) is 2. The van der Waals surface area contributed by atoms with Crippen LogP contribution in [0.4, 0.5) is 10.0 Å². The Bertz CT molecular complexity index is 1060. The zero-order valence-electron chi connectivity index (χ0n) is 19.8. The number of carbonyl (C=O) groups is 4. The summed E-state index contributed by atoms with van der Waals surface area (Å²) in [7, 11) is 0. The van der Waals surface area contributed by atoms with E-state index in [0.717, 1.165) is 85.1 Å². The normalized spacial score (nSPS) is 15.3. The predicted octanol–water partition coefficient (Wildman–Crippen LogP) is 4.29. The first-order valence-corrected chi connectivity index (χ1v) is 14.0. The number of carbonyl (C=O) groups excluding carboxylic acids is 4. The summed E-state index contributed by atoms with van der Waals surface area (Å²) in [5, 5.41) is 6.72. The molecular formula is C25H32N4O4S2. The quantitative estimate of drug-likeness (QED) is 0.388. The number of anilines is 2. The molecule has 0 spiro atoms. The molecule has 8 nitrogen and oxygen atoms in total. The fourth-order valence-corrected chi connectivity index (χ4v) is 7.59. The van der Waals surface area contributed by atoms with E-state index in [1.165, 1.54) is 22.7 Å². The predicted molar refractivity (Wildman–Crippen MR) is 139 cm³/mol. The fraction of sp³-hybridized carbons (Fsp3) is 0.520. The summed E-state index contributed by atoms with van der Waals surface area (Å²) in [6, 6.07) is 0. The van der Waals surface area contributed by atoms with Gasteiger partial charge in [0.15, 0.2) is 0 Å². The molecule has 35 heavy (non-hydrogen) atoms. The number of rotatable bonds is 8. The van der Waals surface area contributed by atoms with Crippen LogP contribution in [0.3, 0.4) is 0 Å². The van der Waals surface area contributed by atoms with Gasteiger partial charge in [0.1, 0.15) is 10.0 Å². The van der Waals surface area contributed by atoms with E-state index in [-0.39, 0.29) is 24.7 Å². The van der Waals surface area contributed by atoms with E-state index in [4.69, 9.17) is 11.5 Å². The van der Waals surface area contributed by atoms with Gasteiger partial charge in [0, 0.05) is 22.6 Å². The Kier molecular flexibility index (Phi) is 8.22. The van der Waals surface area contributed by atoms with Crippen molar-refractivity contribution in [1.82, 2.24) is 0 Å². The number of aryl methyl sites for hydroxylation is 2. The van der Waals surface area contributed by atoms with Crippen molar-refractivity contribution in [2.75, 3.05) is 10.6 Å². The molecule has 4 amide bonds. The maximum Gasteiger partial charge on any atom is 0.251 e. The number of thiophene rings is 2. The average Bonchev–Trinajstić information content (AvgIpc) is 3.08. The van der Waals surface area contributed by atoms with E-state index in [1.54, 1.807) is 0 Å². The summed E-state index contributed by atoms with van der Waals surface area (Å²) in [6.45, 7) is 0. The molecule has 0 saturated carbocycles. The number of fused-ring (bicyclic) bond motifs is 2. The Morgan fingerprint density at radius 2 is 1.03 bits per heavy atom. The van der Waals surface area contributed by atoms with Gasteiger partial charge in [-0.05, 0) is 68.9 Å². The molecule has 2 aromatic heterocycles. The first-order valence-electron chi connectivity index (χ1n) is 12.3. The van der Waals surface area contributed by atoms with E-state index >= 15 is 0 Å². The highest BCUT2D eigenvalue weighted by molar-refractivity contribution is 7.17. The van der Waals surface area contributed by atoms with E-state index in [1.807, 2.05) is 0 Å². The third-order valence-corrected chi connectivity index (χ3v) is 9.06. The van der Waals surface area contributed by atoms with Gasteiger partial charge >= 0.3 is 0 Å². The van der Waals surface area contributed by atoms with Crippen molar-refractivity contribution in [3.63, 3.8) is 0 Å². The van der Waals surface area contributed by atoms with Crippen LogP contribution in [-0.2, 0) is 35.3 Å². The molecule has 0 saturated heterocycles. The second kappa shape index (κ2) is 11.3. The molecule has 2 aliphatic carbocycles. The molecule has 2 aliphatic rings. The van der Waals surface area contributed by atoms with Crippen molar-refractivity contribution in [2.45, 2.75) is 83.5 Å². The largest absolute Gasteiger partial charge is 0.365 e. The summed E-state index contributed by atoms with van der Waals surface area (Å²) < 4.78 is 0. The molecule has 188 valence electrons. The molecule has 6 N–H and O–H groups in total. The summed E-state index contributed by atoms with van der Waals surface area (Å²) in [5.74, 6) is -1.54. The molecule has 4 rings (SSSR count). The van der Waals surface area contributed by atoms with E-state index in [0.29, 0.717) is 27.5 Å². The van der Waals surface area contributed by atoms with Crippen molar-refractivity contribution in [2.24, 2.45) is 11.5 Å². The molecule has 0 atom stereocenters. The number of hydrogen-bond acceptors (Lipinski definition) is 6. The molecule has 0 aromatic carbocycles. The van der Waals surface area contributed by atoms with Crippen LogP contribution < -0.4 is 22.1 Å². The van der Waals surface area contributed by atoms with Gasteiger partial charge in [0.2, 0.25) is 11.8 Å². The Morgan fingerprint density at radius 3 is 1.43 bits per heavy atom. The Hall–Kier alpha value is -2.72. The van der Waals surface area contributed by atoms with Gasteiger partial charge in [-0.3, -0.25) is 19.2 Å². The van der Waals surface area contributed by atoms with E-state index in [9.17, 15) is 19.2 Å². The zero-order valence-corrected chi connectivity index (χ0v) is 21.4. The van der Waals surface area contributed by atoms with Crippen molar-refractivity contribution < 1.29 is 19.2 Å². The Morgan fingerprint density at radius 1 is 0.629 bits per heavy atom. The fourth-order valence-electron chi connectivity index (χ4n) is 4.97. The van der Waals surface area contributed by atoms with Gasteiger partial charge in [-0.25, -0.2) is 0 Å². The van der Waals surface area contributed by atoms with Crippen LogP contribution in [0.25, 0.3) is 0 Å². The molecule has 0 bridgehead atoms. The van der Waals surface area contributed by atoms with Crippen molar-refractivity contribution in [3.8, 4) is 0 Å². The molecule has 0 radical (unpaired) electrons. The standard InChI is InChI=1S/C25H32N4O4S2/c26-22(32)20-14-8-3-1-5-10-16(14)34-24(20)28-18(30)12-7-13-19(31)29-25-21(23(27)33)15-9-4-2-6-11-17(15)35-25/h1-13H2,(H2,26,32)(H2,27,33)(H,28,30)(H,29,31). The average molecular weight is 517 g/mol. The number of nitrogens with one attached hydrogen (secondary N) is 2. The van der Waals surface area contributed by atoms with Crippen molar-refractivity contribution in [1.29, 1.82) is 0 Å². The molecule has 0 aliphatic heterocycles. The van der Waals surface area contributed by atoms with Gasteiger partial charge in [0.05, 0.1) is 11.1 Å². The van der Waals surface area contributed by atoms with Crippen LogP contribution in [0, 0.1) is 0 Å². The van der Waals surface area contributed by atoms with Crippen LogP contribution in [0.2, 0.25) is 0 Å². The van der Waals surface area contributed by atoms with Gasteiger partial charge in [-0.1, -0.05) is 12.8 Å². The maximum atomic E-state index is 12.6. The minimum absolute atomic E-state index is 0.137. The SMILES string of the molecule is NC(=O)c1c(NC(=O)CCCC(=O)Nc2sc3c(c2C(N)=O)CCCCC3)sc2c1CCCCC2. The lowest BCUT2D eigenvalue weighted by Crippen LogP contribution is -2.19. The highest BCUT2D eigenvalue weighted by atomic mass is 32.1. The Labute approximate surface area is 212 Å². The lowest BCUT2D eigenvalue weighted by atomic mass is 10.1. The van der Waals surface area contributed by atoms with Gasteiger partial charge < -0.3 is 22.1 Å². The highest BCUT2D eigenvalue weighted by Crippen LogP contribution is 2.38. The number of amides is 4. The third-order valence-electron chi connectivity index (χ3n) is 6.65. The number of hydrogen-bond donors (Lipinski definition) is 4. The van der Waals surface area contributed by atoms with E-state index in [2.05, 4.69) is 10.6 Å². The molecular weight excluding hydrogens is 484 g/mol. The maximum absolute atomic E-state index is 12.6. The first-order chi connectivity index (χ1) is 16.8. The molecule has 0 unspecified atom stereocenters. The Balaban J connectivity index is 1.33. The van der Waals surface area contributed by atoms with Crippen LogP contribution >= 0.6 is 22.7 Å². The molecule has 10 heteroatoms. The third kappa shape index (κ3) is 5.92.